The smallest absolute Gasteiger partial charge is 0.178 e. The van der Waals surface area contributed by atoms with E-state index in [9.17, 15) is 0 Å². The number of rotatable bonds is 2. The van der Waals surface area contributed by atoms with Gasteiger partial charge >= 0.3 is 0 Å². The molecule has 4 heterocycles. The topological polar surface area (TPSA) is 88.1 Å². The van der Waals surface area contributed by atoms with Gasteiger partial charge in [0.25, 0.3) is 0 Å². The lowest BCUT2D eigenvalue weighted by Gasteiger charge is -2.23. The molecule has 0 aliphatic carbocycles. The summed E-state index contributed by atoms with van der Waals surface area (Å²) in [5, 5.41) is 23.8. The van der Waals surface area contributed by atoms with Crippen LogP contribution in [0.2, 0.25) is 10.0 Å². The zero-order valence-corrected chi connectivity index (χ0v) is 14.5. The Labute approximate surface area is 152 Å². The predicted molar refractivity (Wildman–Crippen MR) is 94.8 cm³/mol. The van der Waals surface area contributed by atoms with E-state index in [1.54, 1.807) is 0 Å². The highest BCUT2D eigenvalue weighted by atomic mass is 35.5. The van der Waals surface area contributed by atoms with Gasteiger partial charge in [-0.05, 0) is 18.9 Å². The van der Waals surface area contributed by atoms with Crippen LogP contribution in [-0.4, -0.2) is 35.4 Å². The van der Waals surface area contributed by atoms with Crippen molar-refractivity contribution in [1.29, 1.82) is 0 Å². The van der Waals surface area contributed by atoms with Crippen LogP contribution in [0.4, 0.5) is 0 Å². The minimum absolute atomic E-state index is 0.218. The number of nitrogens with zero attached hydrogens (tertiary/aromatic N) is 5. The van der Waals surface area contributed by atoms with E-state index in [2.05, 4.69) is 35.4 Å². The number of hydrogen-bond donors (Lipinski definition) is 2. The van der Waals surface area contributed by atoms with Crippen molar-refractivity contribution in [2.24, 2.45) is 0 Å². The molecule has 126 valence electrons. The zero-order valence-electron chi connectivity index (χ0n) is 13.0. The molecule has 0 saturated heterocycles. The van der Waals surface area contributed by atoms with Gasteiger partial charge in [0.2, 0.25) is 0 Å². The molecule has 1 aliphatic rings. The minimum atomic E-state index is 0.218. The molecule has 1 aromatic carbocycles. The molecular formula is C16H13Cl2N7. The molecule has 0 spiro atoms. The number of aryl methyl sites for hydroxylation is 1. The van der Waals surface area contributed by atoms with Crippen molar-refractivity contribution in [3.05, 3.63) is 46.1 Å². The fourth-order valence-electron chi connectivity index (χ4n) is 3.78. The Kier molecular flexibility index (Phi) is 3.33. The van der Waals surface area contributed by atoms with E-state index in [1.165, 1.54) is 5.69 Å². The van der Waals surface area contributed by atoms with Gasteiger partial charge in [-0.2, -0.15) is 10.3 Å². The number of hydrogen-bond acceptors (Lipinski definition) is 4. The molecule has 0 fully saturated rings. The maximum absolute atomic E-state index is 6.56. The molecule has 9 heteroatoms. The fraction of sp³-hybridized carbons (Fsp3) is 0.250. The molecule has 1 aliphatic heterocycles. The number of halogens is 2. The lowest BCUT2D eigenvalue weighted by atomic mass is 9.92. The molecular weight excluding hydrogens is 361 g/mol. The molecule has 4 aromatic rings. The molecule has 1 atom stereocenters. The van der Waals surface area contributed by atoms with Crippen LogP contribution in [0.5, 0.6) is 0 Å². The number of H-pyrrole nitrogens is 2. The van der Waals surface area contributed by atoms with Crippen LogP contribution in [-0.2, 0) is 13.0 Å². The summed E-state index contributed by atoms with van der Waals surface area (Å²) in [4.78, 5) is 0. The first-order valence-electron chi connectivity index (χ1n) is 7.95. The molecule has 0 amide bonds. The van der Waals surface area contributed by atoms with Crippen LogP contribution in [0.25, 0.3) is 22.0 Å². The highest BCUT2D eigenvalue weighted by Gasteiger charge is 2.30. The van der Waals surface area contributed by atoms with Crippen LogP contribution in [0.15, 0.2) is 24.5 Å². The fourth-order valence-corrected chi connectivity index (χ4v) is 4.20. The first-order valence-corrected chi connectivity index (χ1v) is 8.71. The summed E-state index contributed by atoms with van der Waals surface area (Å²) < 4.78 is 2.27. The lowest BCUT2D eigenvalue weighted by molar-refractivity contribution is 0.468. The van der Waals surface area contributed by atoms with Gasteiger partial charge in [-0.1, -0.05) is 34.5 Å². The Morgan fingerprint density at radius 1 is 1.24 bits per heavy atom. The predicted octanol–water partition coefficient (Wildman–Crippen LogP) is 3.58. The first-order chi connectivity index (χ1) is 12.2. The number of benzene rings is 1. The van der Waals surface area contributed by atoms with Gasteiger partial charge in [-0.15, -0.1) is 10.2 Å². The van der Waals surface area contributed by atoms with E-state index in [0.717, 1.165) is 47.2 Å². The Bertz CT molecular complexity index is 1050. The average molecular weight is 374 g/mol. The molecule has 0 bridgehead atoms. The number of tetrazole rings is 1. The zero-order chi connectivity index (χ0) is 17.0. The molecule has 7 nitrogen and oxygen atoms in total. The van der Waals surface area contributed by atoms with Crippen LogP contribution >= 0.6 is 23.2 Å². The van der Waals surface area contributed by atoms with Gasteiger partial charge in [-0.3, -0.25) is 5.10 Å². The van der Waals surface area contributed by atoms with E-state index in [1.807, 2.05) is 24.5 Å². The van der Waals surface area contributed by atoms with Gasteiger partial charge in [-0.25, -0.2) is 0 Å². The Balaban J connectivity index is 1.77. The lowest BCUT2D eigenvalue weighted by Crippen LogP contribution is -2.19. The van der Waals surface area contributed by atoms with E-state index in [0.29, 0.717) is 10.0 Å². The molecule has 5 rings (SSSR count). The van der Waals surface area contributed by atoms with Crippen molar-refractivity contribution < 1.29 is 0 Å². The third-order valence-electron chi connectivity index (χ3n) is 4.88. The van der Waals surface area contributed by atoms with E-state index in [-0.39, 0.29) is 5.92 Å². The van der Waals surface area contributed by atoms with E-state index >= 15 is 0 Å². The molecule has 25 heavy (non-hydrogen) atoms. The van der Waals surface area contributed by atoms with Crippen molar-refractivity contribution >= 4 is 34.1 Å². The summed E-state index contributed by atoms with van der Waals surface area (Å²) in [7, 11) is 0. The summed E-state index contributed by atoms with van der Waals surface area (Å²) in [5.74, 6) is 0.967. The highest BCUT2D eigenvalue weighted by molar-refractivity contribution is 6.45. The molecule has 0 unspecified atom stereocenters. The van der Waals surface area contributed by atoms with Crippen molar-refractivity contribution in [3.8, 4) is 11.1 Å². The van der Waals surface area contributed by atoms with Crippen molar-refractivity contribution in [2.75, 3.05) is 0 Å². The highest BCUT2D eigenvalue weighted by Crippen LogP contribution is 2.44. The first kappa shape index (κ1) is 14.9. The normalized spacial score (nSPS) is 17.1. The maximum atomic E-state index is 6.56. The molecule has 0 saturated carbocycles. The number of aromatic nitrogens is 7. The quantitative estimate of drug-likeness (QED) is 0.561. The minimum Gasteiger partial charge on any atom is -0.343 e. The summed E-state index contributed by atoms with van der Waals surface area (Å²) in [6, 6.07) is 3.87. The summed E-state index contributed by atoms with van der Waals surface area (Å²) in [6.07, 6.45) is 5.46. The summed E-state index contributed by atoms with van der Waals surface area (Å²) >= 11 is 12.8. The van der Waals surface area contributed by atoms with Crippen LogP contribution in [0, 0.1) is 0 Å². The second-order valence-corrected chi connectivity index (χ2v) is 6.96. The van der Waals surface area contributed by atoms with Crippen molar-refractivity contribution in [2.45, 2.75) is 25.3 Å². The Hall–Kier alpha value is -2.38. The molecule has 2 N–H and O–H groups in total. The van der Waals surface area contributed by atoms with E-state index < -0.39 is 0 Å². The van der Waals surface area contributed by atoms with Gasteiger partial charge in [0.1, 0.15) is 0 Å². The standard InChI is InChI=1S/C16H13Cl2N7/c17-11-2-1-10-13(9-6-19-20-7-9)12-5-8(16-21-23-24-22-16)3-4-25(12)15(10)14(11)18/h1-2,6-8H,3-5H2,(H,19,20)(H,21,22,23,24)/t8-/m1/s1. The summed E-state index contributed by atoms with van der Waals surface area (Å²) in [5.41, 5.74) is 4.34. The van der Waals surface area contributed by atoms with Crippen molar-refractivity contribution in [1.82, 2.24) is 35.4 Å². The largest absolute Gasteiger partial charge is 0.343 e. The third kappa shape index (κ3) is 2.19. The SMILES string of the molecule is Clc1ccc2c(-c3cn[nH]c3)c3n(c2c1Cl)CC[C@@H](c1nn[nH]n1)C3. The number of fused-ring (bicyclic) bond motifs is 3. The summed E-state index contributed by atoms with van der Waals surface area (Å²) in [6.45, 7) is 0.822. The monoisotopic (exact) mass is 373 g/mol. The number of aromatic amines is 2. The van der Waals surface area contributed by atoms with Crippen LogP contribution < -0.4 is 0 Å². The Morgan fingerprint density at radius 2 is 2.16 bits per heavy atom. The molecule has 0 radical (unpaired) electrons. The number of nitrogens with one attached hydrogen (secondary N) is 2. The van der Waals surface area contributed by atoms with Gasteiger partial charge in [0.15, 0.2) is 5.82 Å². The van der Waals surface area contributed by atoms with Crippen LogP contribution in [0.3, 0.4) is 0 Å². The van der Waals surface area contributed by atoms with Crippen molar-refractivity contribution in [3.63, 3.8) is 0 Å². The third-order valence-corrected chi connectivity index (χ3v) is 5.67. The average Bonchev–Trinajstić information content (AvgIpc) is 3.36. The van der Waals surface area contributed by atoms with Crippen LogP contribution in [0.1, 0.15) is 23.9 Å². The maximum Gasteiger partial charge on any atom is 0.178 e. The second-order valence-electron chi connectivity index (χ2n) is 6.18. The molecule has 3 aromatic heterocycles. The van der Waals surface area contributed by atoms with Gasteiger partial charge in [0.05, 0.1) is 21.8 Å². The second kappa shape index (κ2) is 5.57. The van der Waals surface area contributed by atoms with Gasteiger partial charge in [0, 0.05) is 40.9 Å². The Morgan fingerprint density at radius 3 is 2.92 bits per heavy atom. The van der Waals surface area contributed by atoms with E-state index in [4.69, 9.17) is 23.2 Å². The van der Waals surface area contributed by atoms with Gasteiger partial charge < -0.3 is 4.57 Å².